The average Bonchev–Trinajstić information content (AvgIpc) is 2.13. The van der Waals surface area contributed by atoms with Crippen molar-refractivity contribution < 1.29 is 6.22 Å². The quantitative estimate of drug-likeness (QED) is 0.624. The fourth-order valence-corrected chi connectivity index (χ4v) is 1.42. The van der Waals surface area contributed by atoms with E-state index in [9.17, 15) is 4.79 Å². The zero-order chi connectivity index (χ0) is 7.56. The van der Waals surface area contributed by atoms with Crippen LogP contribution in [0.5, 0.6) is 0 Å². The SMILES string of the molecule is CC(C)C[C@H]1CCC(=O)N1.[HH]. The highest BCUT2D eigenvalue weighted by molar-refractivity contribution is 5.78. The molecule has 0 bridgehead atoms. The molecule has 1 amide bonds. The van der Waals surface area contributed by atoms with Crippen molar-refractivity contribution in [1.82, 2.24) is 5.32 Å². The summed E-state index contributed by atoms with van der Waals surface area (Å²) >= 11 is 0. The maximum atomic E-state index is 10.7. The van der Waals surface area contributed by atoms with Crippen LogP contribution in [-0.2, 0) is 4.79 Å². The first-order valence-electron chi connectivity index (χ1n) is 3.98. The first kappa shape index (κ1) is 7.58. The molecule has 2 heteroatoms. The Morgan fingerprint density at radius 3 is 2.90 bits per heavy atom. The Hall–Kier alpha value is -0.530. The van der Waals surface area contributed by atoms with Crippen molar-refractivity contribution in [3.63, 3.8) is 0 Å². The second-order valence-electron chi connectivity index (χ2n) is 3.43. The zero-order valence-electron chi connectivity index (χ0n) is 6.68. The number of amides is 1. The monoisotopic (exact) mass is 143 g/mol. The Balaban J connectivity index is 0.000001000. The first-order valence-corrected chi connectivity index (χ1v) is 3.98. The van der Waals surface area contributed by atoms with Crippen LogP contribution in [0.3, 0.4) is 0 Å². The molecule has 1 aliphatic rings. The van der Waals surface area contributed by atoms with Crippen molar-refractivity contribution in [2.45, 2.75) is 39.2 Å². The first-order chi connectivity index (χ1) is 4.68. The summed E-state index contributed by atoms with van der Waals surface area (Å²) in [5, 5.41) is 2.95. The Bertz CT molecular complexity index is 136. The van der Waals surface area contributed by atoms with E-state index in [1.165, 1.54) is 0 Å². The minimum atomic E-state index is 0. The summed E-state index contributed by atoms with van der Waals surface area (Å²) in [4.78, 5) is 10.7. The molecule has 0 aromatic rings. The minimum absolute atomic E-state index is 0. The van der Waals surface area contributed by atoms with Gasteiger partial charge in [-0.1, -0.05) is 13.8 Å². The molecule has 0 aromatic carbocycles. The van der Waals surface area contributed by atoms with Crippen molar-refractivity contribution in [3.05, 3.63) is 0 Å². The lowest BCUT2D eigenvalue weighted by Gasteiger charge is -2.11. The molecule has 0 spiro atoms. The van der Waals surface area contributed by atoms with E-state index in [4.69, 9.17) is 0 Å². The summed E-state index contributed by atoms with van der Waals surface area (Å²) in [5.41, 5.74) is 0. The van der Waals surface area contributed by atoms with Gasteiger partial charge in [-0.05, 0) is 18.8 Å². The Kier molecular flexibility index (Phi) is 2.30. The van der Waals surface area contributed by atoms with Crippen LogP contribution in [-0.4, -0.2) is 11.9 Å². The zero-order valence-corrected chi connectivity index (χ0v) is 6.68. The van der Waals surface area contributed by atoms with Gasteiger partial charge in [0.05, 0.1) is 0 Å². The van der Waals surface area contributed by atoms with Crippen molar-refractivity contribution in [1.29, 1.82) is 0 Å². The van der Waals surface area contributed by atoms with Gasteiger partial charge in [0.25, 0.3) is 0 Å². The van der Waals surface area contributed by atoms with Gasteiger partial charge >= 0.3 is 0 Å². The molecule has 1 heterocycles. The van der Waals surface area contributed by atoms with Gasteiger partial charge in [0.15, 0.2) is 0 Å². The molecule has 10 heavy (non-hydrogen) atoms. The van der Waals surface area contributed by atoms with Crippen LogP contribution < -0.4 is 5.32 Å². The number of rotatable bonds is 2. The average molecular weight is 143 g/mol. The van der Waals surface area contributed by atoms with E-state index in [-0.39, 0.29) is 7.33 Å². The molecule has 2 nitrogen and oxygen atoms in total. The predicted molar refractivity (Wildman–Crippen MR) is 42.7 cm³/mol. The van der Waals surface area contributed by atoms with E-state index in [1.807, 2.05) is 0 Å². The number of carbonyl (C=O) groups excluding carboxylic acids is 1. The van der Waals surface area contributed by atoms with Gasteiger partial charge in [-0.2, -0.15) is 0 Å². The smallest absolute Gasteiger partial charge is 0.220 e. The third-order valence-corrected chi connectivity index (χ3v) is 1.84. The predicted octanol–water partition coefficient (Wildman–Crippen LogP) is 1.56. The van der Waals surface area contributed by atoms with Crippen LogP contribution >= 0.6 is 0 Å². The van der Waals surface area contributed by atoms with E-state index in [2.05, 4.69) is 19.2 Å². The van der Waals surface area contributed by atoms with Gasteiger partial charge in [0.1, 0.15) is 0 Å². The lowest BCUT2D eigenvalue weighted by atomic mass is 10.0. The highest BCUT2D eigenvalue weighted by Gasteiger charge is 2.20. The number of carbonyl (C=O) groups is 1. The van der Waals surface area contributed by atoms with Crippen LogP contribution in [0.25, 0.3) is 0 Å². The molecule has 1 rings (SSSR count). The summed E-state index contributed by atoms with van der Waals surface area (Å²) in [6.07, 6.45) is 2.90. The van der Waals surface area contributed by atoms with Gasteiger partial charge in [-0.3, -0.25) is 4.79 Å². The number of nitrogens with one attached hydrogen (secondary N) is 1. The van der Waals surface area contributed by atoms with E-state index >= 15 is 0 Å². The number of hydrogen-bond acceptors (Lipinski definition) is 1. The maximum absolute atomic E-state index is 10.7. The van der Waals surface area contributed by atoms with Crippen LogP contribution in [0.1, 0.15) is 34.5 Å². The summed E-state index contributed by atoms with van der Waals surface area (Å²) < 4.78 is 0. The van der Waals surface area contributed by atoms with Crippen molar-refractivity contribution in [2.24, 2.45) is 5.92 Å². The normalized spacial score (nSPS) is 25.5. The molecular weight excluding hydrogens is 126 g/mol. The summed E-state index contributed by atoms with van der Waals surface area (Å²) in [5.74, 6) is 0.925. The van der Waals surface area contributed by atoms with Gasteiger partial charge < -0.3 is 5.32 Å². The highest BCUT2D eigenvalue weighted by Crippen LogP contribution is 2.14. The third-order valence-electron chi connectivity index (χ3n) is 1.84. The Morgan fingerprint density at radius 1 is 1.80 bits per heavy atom. The lowest BCUT2D eigenvalue weighted by molar-refractivity contribution is -0.119. The Morgan fingerprint density at radius 2 is 2.50 bits per heavy atom. The Labute approximate surface area is 63.5 Å². The van der Waals surface area contributed by atoms with Gasteiger partial charge in [-0.15, -0.1) is 0 Å². The van der Waals surface area contributed by atoms with E-state index in [0.717, 1.165) is 19.3 Å². The van der Waals surface area contributed by atoms with E-state index in [1.54, 1.807) is 0 Å². The summed E-state index contributed by atoms with van der Waals surface area (Å²) in [6.45, 7) is 4.37. The van der Waals surface area contributed by atoms with Gasteiger partial charge in [-0.25, -0.2) is 0 Å². The fourth-order valence-electron chi connectivity index (χ4n) is 1.42. The second-order valence-corrected chi connectivity index (χ2v) is 3.43. The van der Waals surface area contributed by atoms with E-state index in [0.29, 0.717) is 12.0 Å². The molecule has 0 aliphatic carbocycles. The maximum Gasteiger partial charge on any atom is 0.220 e. The molecule has 60 valence electrons. The minimum Gasteiger partial charge on any atom is -0.353 e. The van der Waals surface area contributed by atoms with Gasteiger partial charge in [0.2, 0.25) is 5.91 Å². The molecule has 0 radical (unpaired) electrons. The molecule has 1 N–H and O–H groups in total. The van der Waals surface area contributed by atoms with Crippen molar-refractivity contribution in [2.75, 3.05) is 0 Å². The third kappa shape index (κ3) is 2.01. The second kappa shape index (κ2) is 3.04. The molecule has 1 saturated heterocycles. The van der Waals surface area contributed by atoms with Gasteiger partial charge in [0, 0.05) is 13.9 Å². The summed E-state index contributed by atoms with van der Waals surface area (Å²) in [6, 6.07) is 0.465. The molecule has 1 atom stereocenters. The van der Waals surface area contributed by atoms with Crippen LogP contribution in [0.15, 0.2) is 0 Å². The fraction of sp³-hybridized carbons (Fsp3) is 0.875. The molecule has 0 saturated carbocycles. The lowest BCUT2D eigenvalue weighted by Crippen LogP contribution is -2.26. The highest BCUT2D eigenvalue weighted by atomic mass is 16.1. The van der Waals surface area contributed by atoms with E-state index < -0.39 is 0 Å². The topological polar surface area (TPSA) is 29.1 Å². The van der Waals surface area contributed by atoms with Crippen molar-refractivity contribution in [3.8, 4) is 0 Å². The summed E-state index contributed by atoms with van der Waals surface area (Å²) in [7, 11) is 0. The largest absolute Gasteiger partial charge is 0.353 e. The van der Waals surface area contributed by atoms with Crippen LogP contribution in [0, 0.1) is 5.92 Å². The van der Waals surface area contributed by atoms with Crippen LogP contribution in [0.2, 0.25) is 0 Å². The molecule has 0 aromatic heterocycles. The molecule has 1 fully saturated rings. The van der Waals surface area contributed by atoms with Crippen molar-refractivity contribution >= 4 is 5.91 Å². The molecule has 0 unspecified atom stereocenters. The molecular formula is C8H17NO. The standard InChI is InChI=1S/C8H15NO.H2/c1-6(2)5-7-3-4-8(10)9-7;/h6-7H,3-5H2,1-2H3,(H,9,10);1H/t7-;/m1./s1. The molecule has 1 aliphatic heterocycles. The van der Waals surface area contributed by atoms with Crippen LogP contribution in [0.4, 0.5) is 0 Å². The number of hydrogen-bond donors (Lipinski definition) is 1.